The van der Waals surface area contributed by atoms with Crippen LogP contribution in [0.3, 0.4) is 0 Å². The summed E-state index contributed by atoms with van der Waals surface area (Å²) in [6.45, 7) is 0. The van der Waals surface area contributed by atoms with Gasteiger partial charge in [-0.3, -0.25) is 4.79 Å². The number of carbonyl (C=O) groups is 2. The number of hydrogen-bond donors (Lipinski definition) is 3. The van der Waals surface area contributed by atoms with Gasteiger partial charge in [0.05, 0.1) is 7.11 Å². The van der Waals surface area contributed by atoms with Crippen molar-refractivity contribution in [3.05, 3.63) is 81.0 Å². The third-order valence-corrected chi connectivity index (χ3v) is 6.17. The van der Waals surface area contributed by atoms with Crippen LogP contribution in [0.15, 0.2) is 65.7 Å². The predicted molar refractivity (Wildman–Crippen MR) is 118 cm³/mol. The van der Waals surface area contributed by atoms with Crippen molar-refractivity contribution in [3.63, 3.8) is 0 Å². The van der Waals surface area contributed by atoms with E-state index in [-0.39, 0.29) is 10.4 Å². The topological polar surface area (TPSA) is 130 Å². The van der Waals surface area contributed by atoms with Gasteiger partial charge in [0.2, 0.25) is 11.4 Å². The van der Waals surface area contributed by atoms with Gasteiger partial charge in [-0.2, -0.15) is 0 Å². The molecule has 0 unspecified atom stereocenters. The second-order valence-corrected chi connectivity index (χ2v) is 8.13. The molecule has 4 aromatic heterocycles. The number of rotatable bonds is 5. The maximum atomic E-state index is 11.0. The molecule has 0 atom stereocenters. The van der Waals surface area contributed by atoms with Crippen LogP contribution in [0, 0.1) is 0 Å². The number of methoxy groups -OCH3 is 1. The van der Waals surface area contributed by atoms with E-state index in [0.29, 0.717) is 10.8 Å². The molecule has 0 saturated heterocycles. The number of ether oxygens (including phenoxy) is 1. The highest BCUT2D eigenvalue weighted by atomic mass is 32.1. The first-order chi connectivity index (χ1) is 14.9. The van der Waals surface area contributed by atoms with Crippen molar-refractivity contribution in [2.75, 3.05) is 7.11 Å². The number of aromatic nitrogens is 2. The molecule has 158 valence electrons. The maximum absolute atomic E-state index is 11.0. The van der Waals surface area contributed by atoms with Gasteiger partial charge >= 0.3 is 11.9 Å². The summed E-state index contributed by atoms with van der Waals surface area (Å²) in [5.74, 6) is -1.34. The van der Waals surface area contributed by atoms with Crippen LogP contribution in [0.5, 0.6) is 5.88 Å². The minimum absolute atomic E-state index is 0.197. The monoisotopic (exact) mass is 456 g/mol. The third kappa shape index (κ3) is 5.65. The molecular formula is C21H16N2O6S2. The lowest BCUT2D eigenvalue weighted by Crippen LogP contribution is -2.01. The van der Waals surface area contributed by atoms with E-state index in [4.69, 9.17) is 14.9 Å². The Morgan fingerprint density at radius 1 is 0.903 bits per heavy atom. The van der Waals surface area contributed by atoms with E-state index in [0.717, 1.165) is 32.2 Å². The first-order valence-corrected chi connectivity index (χ1v) is 10.4. The third-order valence-electron chi connectivity index (χ3n) is 3.92. The molecule has 0 aliphatic rings. The van der Waals surface area contributed by atoms with E-state index in [1.807, 2.05) is 6.07 Å². The molecule has 4 heterocycles. The zero-order valence-electron chi connectivity index (χ0n) is 16.1. The molecular weight excluding hydrogens is 440 g/mol. The number of nitrogens with zero attached hydrogens (tertiary/aromatic N) is 1. The summed E-state index contributed by atoms with van der Waals surface area (Å²) in [7, 11) is 1.54. The van der Waals surface area contributed by atoms with Gasteiger partial charge in [-0.15, -0.1) is 22.7 Å². The Hall–Kier alpha value is -3.76. The van der Waals surface area contributed by atoms with E-state index in [2.05, 4.69) is 9.97 Å². The fraction of sp³-hybridized carbons (Fsp3) is 0.0476. The van der Waals surface area contributed by atoms with Gasteiger partial charge in [-0.25, -0.2) is 14.6 Å². The van der Waals surface area contributed by atoms with Crippen molar-refractivity contribution in [1.29, 1.82) is 0 Å². The number of aromatic carboxylic acids is 2. The summed E-state index contributed by atoms with van der Waals surface area (Å²) in [6.07, 6.45) is 3.17. The number of H-pyrrole nitrogens is 1. The van der Waals surface area contributed by atoms with Crippen LogP contribution < -0.4 is 10.3 Å². The molecule has 3 N–H and O–H groups in total. The van der Waals surface area contributed by atoms with Crippen LogP contribution >= 0.6 is 22.7 Å². The highest BCUT2D eigenvalue weighted by Crippen LogP contribution is 2.29. The Bertz CT molecular complexity index is 1270. The minimum Gasteiger partial charge on any atom is -0.481 e. The smallest absolute Gasteiger partial charge is 0.345 e. The summed E-state index contributed by atoms with van der Waals surface area (Å²) >= 11 is 2.38. The average Bonchev–Trinajstić information content (AvgIpc) is 3.45. The molecule has 0 fully saturated rings. The van der Waals surface area contributed by atoms with E-state index >= 15 is 0 Å². The molecule has 8 nitrogen and oxygen atoms in total. The maximum Gasteiger partial charge on any atom is 0.345 e. The van der Waals surface area contributed by atoms with Crippen LogP contribution in [-0.4, -0.2) is 39.2 Å². The van der Waals surface area contributed by atoms with E-state index < -0.39 is 11.9 Å². The first kappa shape index (κ1) is 21.9. The molecule has 4 rings (SSSR count). The van der Waals surface area contributed by atoms with Crippen LogP contribution in [0.25, 0.3) is 20.9 Å². The highest BCUT2D eigenvalue weighted by molar-refractivity contribution is 7.17. The molecule has 0 spiro atoms. The molecule has 0 saturated carbocycles. The lowest BCUT2D eigenvalue weighted by atomic mass is 10.2. The number of carboxylic acids is 2. The summed E-state index contributed by atoms with van der Waals surface area (Å²) in [5.41, 5.74) is 1.44. The molecule has 0 aliphatic heterocycles. The molecule has 0 aliphatic carbocycles. The van der Waals surface area contributed by atoms with Crippen molar-refractivity contribution < 1.29 is 24.5 Å². The van der Waals surface area contributed by atoms with E-state index in [1.54, 1.807) is 43.6 Å². The average molecular weight is 457 g/mol. The number of nitrogens with one attached hydrogen (secondary N) is 1. The quantitative estimate of drug-likeness (QED) is 0.408. The van der Waals surface area contributed by atoms with Crippen molar-refractivity contribution in [2.45, 2.75) is 0 Å². The highest BCUT2D eigenvalue weighted by Gasteiger charge is 2.09. The fourth-order valence-corrected chi connectivity index (χ4v) is 4.17. The van der Waals surface area contributed by atoms with Crippen LogP contribution in [-0.2, 0) is 0 Å². The van der Waals surface area contributed by atoms with Gasteiger partial charge in [0.1, 0.15) is 9.75 Å². The predicted octanol–water partition coefficient (Wildman–Crippen LogP) is 4.32. The van der Waals surface area contributed by atoms with Crippen molar-refractivity contribution in [2.24, 2.45) is 0 Å². The van der Waals surface area contributed by atoms with Gasteiger partial charge < -0.3 is 19.9 Å². The van der Waals surface area contributed by atoms with Crippen LogP contribution in [0.4, 0.5) is 0 Å². The molecule has 0 amide bonds. The molecule has 31 heavy (non-hydrogen) atoms. The summed E-state index contributed by atoms with van der Waals surface area (Å²) in [6, 6.07) is 13.4. The van der Waals surface area contributed by atoms with Gasteiger partial charge in [0, 0.05) is 34.3 Å². The largest absolute Gasteiger partial charge is 0.481 e. The van der Waals surface area contributed by atoms with Crippen LogP contribution in [0.1, 0.15) is 19.3 Å². The molecule has 10 heteroatoms. The lowest BCUT2D eigenvalue weighted by Gasteiger charge is -2.00. The normalized spacial score (nSPS) is 10.1. The summed E-state index contributed by atoms with van der Waals surface area (Å²) in [4.78, 5) is 41.2. The standard InChI is InChI=1S/C11H9NO3S.C10H7NO3S/c1-15-10-6-7(4-5-12-10)8-2-3-9(16-8)11(13)14;12-9-5-6(3-4-11-9)7-1-2-8(15-7)10(13)14/h2-6H,1H3,(H,13,14);1-5H,(H,11,12)(H,13,14). The molecule has 0 radical (unpaired) electrons. The Balaban J connectivity index is 0.000000176. The van der Waals surface area contributed by atoms with Gasteiger partial charge in [0.15, 0.2) is 0 Å². The Kier molecular flexibility index (Phi) is 6.96. The Morgan fingerprint density at radius 2 is 1.48 bits per heavy atom. The summed E-state index contributed by atoms with van der Waals surface area (Å²) in [5, 5.41) is 17.6. The number of thiophene rings is 2. The molecule has 0 bridgehead atoms. The van der Waals surface area contributed by atoms with Crippen molar-refractivity contribution in [3.8, 4) is 26.8 Å². The molecule has 4 aromatic rings. The lowest BCUT2D eigenvalue weighted by molar-refractivity contribution is 0.0691. The first-order valence-electron chi connectivity index (χ1n) is 8.73. The zero-order chi connectivity index (χ0) is 22.4. The minimum atomic E-state index is -0.948. The van der Waals surface area contributed by atoms with E-state index in [9.17, 15) is 14.4 Å². The van der Waals surface area contributed by atoms with Crippen molar-refractivity contribution >= 4 is 34.6 Å². The number of aromatic amines is 1. The molecule has 0 aromatic carbocycles. The number of hydrogen-bond acceptors (Lipinski definition) is 7. The fourth-order valence-electron chi connectivity index (χ4n) is 2.49. The second kappa shape index (κ2) is 9.83. The Labute approximate surface area is 184 Å². The number of carboxylic acid groups (broad SMARTS) is 2. The summed E-state index contributed by atoms with van der Waals surface area (Å²) < 4.78 is 5.01. The van der Waals surface area contributed by atoms with Crippen LogP contribution in [0.2, 0.25) is 0 Å². The second-order valence-electron chi connectivity index (χ2n) is 5.97. The van der Waals surface area contributed by atoms with Crippen molar-refractivity contribution in [1.82, 2.24) is 9.97 Å². The van der Waals surface area contributed by atoms with Gasteiger partial charge in [-0.1, -0.05) is 0 Å². The Morgan fingerprint density at radius 3 is 1.97 bits per heavy atom. The van der Waals surface area contributed by atoms with Gasteiger partial charge in [-0.05, 0) is 47.5 Å². The zero-order valence-corrected chi connectivity index (χ0v) is 17.7. The number of pyridine rings is 2. The SMILES string of the molecule is COc1cc(-c2ccc(C(=O)O)s2)ccn1.O=C(O)c1ccc(-c2cc[nH]c(=O)c2)s1. The van der Waals surface area contributed by atoms with Gasteiger partial charge in [0.25, 0.3) is 0 Å². The van der Waals surface area contributed by atoms with E-state index in [1.165, 1.54) is 29.7 Å².